The third kappa shape index (κ3) is 3.54. The molecule has 2 heterocycles. The van der Waals surface area contributed by atoms with E-state index in [-0.39, 0.29) is 18.0 Å². The summed E-state index contributed by atoms with van der Waals surface area (Å²) >= 11 is 1.46. The molecule has 0 radical (unpaired) electrons. The number of thiophene rings is 1. The second-order valence-corrected chi connectivity index (χ2v) is 7.51. The minimum Gasteiger partial charge on any atom is -0.335 e. The highest BCUT2D eigenvalue weighted by Crippen LogP contribution is 2.40. The molecular formula is C19H21N3O2S. The molecule has 2 fully saturated rings. The molecule has 0 bridgehead atoms. The molecule has 4 rings (SSSR count). The Morgan fingerprint density at radius 2 is 1.68 bits per heavy atom. The van der Waals surface area contributed by atoms with E-state index in [1.807, 2.05) is 45.5 Å². The first-order valence-corrected chi connectivity index (χ1v) is 9.53. The van der Waals surface area contributed by atoms with Gasteiger partial charge in [-0.1, -0.05) is 36.4 Å². The van der Waals surface area contributed by atoms with Crippen LogP contribution >= 0.6 is 11.3 Å². The molecule has 1 aliphatic heterocycles. The number of benzene rings is 1. The molecule has 2 aromatic rings. The summed E-state index contributed by atoms with van der Waals surface area (Å²) in [5, 5.41) is 5.04. The fourth-order valence-electron chi connectivity index (χ4n) is 3.34. The van der Waals surface area contributed by atoms with Crippen molar-refractivity contribution < 1.29 is 9.59 Å². The number of rotatable bonds is 3. The van der Waals surface area contributed by atoms with Crippen LogP contribution in [0.3, 0.4) is 0 Å². The number of hydrogen-bond acceptors (Lipinski definition) is 3. The van der Waals surface area contributed by atoms with Gasteiger partial charge in [0.05, 0.1) is 4.88 Å². The number of urea groups is 1. The van der Waals surface area contributed by atoms with Crippen molar-refractivity contribution in [3.63, 3.8) is 0 Å². The van der Waals surface area contributed by atoms with Gasteiger partial charge < -0.3 is 15.1 Å². The van der Waals surface area contributed by atoms with Crippen LogP contribution in [0, 0.1) is 0 Å². The molecule has 2 atom stereocenters. The van der Waals surface area contributed by atoms with Gasteiger partial charge >= 0.3 is 6.03 Å². The Labute approximate surface area is 151 Å². The normalized spacial score (nSPS) is 22.6. The zero-order valence-electron chi connectivity index (χ0n) is 13.9. The van der Waals surface area contributed by atoms with Crippen molar-refractivity contribution in [1.29, 1.82) is 0 Å². The molecule has 1 saturated heterocycles. The lowest BCUT2D eigenvalue weighted by atomic mass is 10.1. The monoisotopic (exact) mass is 355 g/mol. The molecule has 5 nitrogen and oxygen atoms in total. The van der Waals surface area contributed by atoms with Crippen molar-refractivity contribution in [3.05, 3.63) is 58.3 Å². The van der Waals surface area contributed by atoms with Gasteiger partial charge in [0.1, 0.15) is 0 Å². The molecule has 1 aromatic heterocycles. The van der Waals surface area contributed by atoms with Gasteiger partial charge in [0, 0.05) is 38.1 Å². The number of nitrogens with zero attached hydrogens (tertiary/aromatic N) is 2. The Morgan fingerprint density at radius 1 is 0.960 bits per heavy atom. The van der Waals surface area contributed by atoms with E-state index in [0.29, 0.717) is 32.1 Å². The highest BCUT2D eigenvalue weighted by atomic mass is 32.1. The third-order valence-electron chi connectivity index (χ3n) is 4.91. The number of carbonyl (C=O) groups is 2. The molecule has 25 heavy (non-hydrogen) atoms. The van der Waals surface area contributed by atoms with Crippen molar-refractivity contribution in [1.82, 2.24) is 15.1 Å². The van der Waals surface area contributed by atoms with E-state index >= 15 is 0 Å². The highest BCUT2D eigenvalue weighted by molar-refractivity contribution is 7.12. The van der Waals surface area contributed by atoms with Gasteiger partial charge in [-0.3, -0.25) is 4.79 Å². The van der Waals surface area contributed by atoms with Crippen LogP contribution in [0.2, 0.25) is 0 Å². The average molecular weight is 355 g/mol. The Bertz CT molecular complexity index is 739. The highest BCUT2D eigenvalue weighted by Gasteiger charge is 2.40. The smallest absolute Gasteiger partial charge is 0.317 e. The van der Waals surface area contributed by atoms with Gasteiger partial charge in [-0.2, -0.15) is 0 Å². The Morgan fingerprint density at radius 3 is 2.36 bits per heavy atom. The molecule has 1 saturated carbocycles. The van der Waals surface area contributed by atoms with Gasteiger partial charge in [0.15, 0.2) is 0 Å². The van der Waals surface area contributed by atoms with Crippen LogP contribution < -0.4 is 5.32 Å². The second-order valence-electron chi connectivity index (χ2n) is 6.57. The summed E-state index contributed by atoms with van der Waals surface area (Å²) in [6.45, 7) is 2.37. The van der Waals surface area contributed by atoms with E-state index in [1.54, 1.807) is 0 Å². The first-order chi connectivity index (χ1) is 12.2. The summed E-state index contributed by atoms with van der Waals surface area (Å²) in [5.74, 6) is 0.508. The maximum absolute atomic E-state index is 12.4. The number of amides is 3. The number of hydrogen-bond donors (Lipinski definition) is 1. The molecule has 2 unspecified atom stereocenters. The molecule has 2 aliphatic rings. The SMILES string of the molecule is O=C(NC1CC1c1ccccc1)N1CCN(C(=O)c2cccs2)CC1. The van der Waals surface area contributed by atoms with Crippen LogP contribution in [0.4, 0.5) is 4.79 Å². The number of nitrogens with one attached hydrogen (secondary N) is 1. The van der Waals surface area contributed by atoms with E-state index in [2.05, 4.69) is 17.4 Å². The largest absolute Gasteiger partial charge is 0.335 e. The zero-order valence-corrected chi connectivity index (χ0v) is 14.7. The van der Waals surface area contributed by atoms with Gasteiger partial charge in [-0.25, -0.2) is 4.79 Å². The van der Waals surface area contributed by atoms with E-state index in [0.717, 1.165) is 11.3 Å². The minimum absolute atomic E-state index is 0.00773. The molecule has 0 spiro atoms. The molecular weight excluding hydrogens is 334 g/mol. The summed E-state index contributed by atoms with van der Waals surface area (Å²) in [6, 6.07) is 14.3. The summed E-state index contributed by atoms with van der Waals surface area (Å²) in [4.78, 5) is 29.2. The predicted molar refractivity (Wildman–Crippen MR) is 97.9 cm³/mol. The summed E-state index contributed by atoms with van der Waals surface area (Å²) in [7, 11) is 0. The maximum Gasteiger partial charge on any atom is 0.317 e. The fraction of sp³-hybridized carbons (Fsp3) is 0.368. The van der Waals surface area contributed by atoms with Crippen LogP contribution in [-0.2, 0) is 0 Å². The standard InChI is InChI=1S/C19H21N3O2S/c23-18(17-7-4-12-25-17)21-8-10-22(11-9-21)19(24)20-16-13-15(16)14-5-2-1-3-6-14/h1-7,12,15-16H,8-11,13H2,(H,20,24). The maximum atomic E-state index is 12.4. The van der Waals surface area contributed by atoms with Gasteiger partial charge in [0.2, 0.25) is 0 Å². The van der Waals surface area contributed by atoms with E-state index in [9.17, 15) is 9.59 Å². The lowest BCUT2D eigenvalue weighted by molar-refractivity contribution is 0.0669. The van der Waals surface area contributed by atoms with E-state index in [4.69, 9.17) is 0 Å². The summed E-state index contributed by atoms with van der Waals surface area (Å²) in [6.07, 6.45) is 1.01. The average Bonchev–Trinajstić information content (AvgIpc) is 3.20. The van der Waals surface area contributed by atoms with E-state index in [1.165, 1.54) is 16.9 Å². The van der Waals surface area contributed by atoms with Crippen molar-refractivity contribution in [2.24, 2.45) is 0 Å². The lowest BCUT2D eigenvalue weighted by Gasteiger charge is -2.34. The minimum atomic E-state index is -0.00773. The first-order valence-electron chi connectivity index (χ1n) is 8.65. The van der Waals surface area contributed by atoms with Crippen LogP contribution in [0.15, 0.2) is 47.8 Å². The Balaban J connectivity index is 1.26. The van der Waals surface area contributed by atoms with Crippen LogP contribution in [0.25, 0.3) is 0 Å². The molecule has 1 aromatic carbocycles. The fourth-order valence-corrected chi connectivity index (χ4v) is 4.03. The van der Waals surface area contributed by atoms with E-state index < -0.39 is 0 Å². The number of piperazine rings is 1. The Kier molecular flexibility index (Phi) is 4.44. The molecule has 1 N–H and O–H groups in total. The van der Waals surface area contributed by atoms with Crippen LogP contribution in [0.1, 0.15) is 27.6 Å². The summed E-state index contributed by atoms with van der Waals surface area (Å²) < 4.78 is 0. The van der Waals surface area contributed by atoms with Crippen LogP contribution in [0.5, 0.6) is 0 Å². The predicted octanol–water partition coefficient (Wildman–Crippen LogP) is 2.77. The topological polar surface area (TPSA) is 52.7 Å². The van der Waals surface area contributed by atoms with Crippen molar-refractivity contribution >= 4 is 23.3 Å². The molecule has 1 aliphatic carbocycles. The van der Waals surface area contributed by atoms with Crippen LogP contribution in [-0.4, -0.2) is 54.0 Å². The number of carbonyl (C=O) groups excluding carboxylic acids is 2. The molecule has 130 valence electrons. The Hall–Kier alpha value is -2.34. The molecule has 3 amide bonds. The van der Waals surface area contributed by atoms with Gasteiger partial charge in [0.25, 0.3) is 5.91 Å². The van der Waals surface area contributed by atoms with Gasteiger partial charge in [-0.05, 0) is 23.4 Å². The first kappa shape index (κ1) is 16.1. The van der Waals surface area contributed by atoms with Gasteiger partial charge in [-0.15, -0.1) is 11.3 Å². The van der Waals surface area contributed by atoms with Crippen molar-refractivity contribution in [2.75, 3.05) is 26.2 Å². The lowest BCUT2D eigenvalue weighted by Crippen LogP contribution is -2.53. The second kappa shape index (κ2) is 6.88. The summed E-state index contributed by atoms with van der Waals surface area (Å²) in [5.41, 5.74) is 1.29. The quantitative estimate of drug-likeness (QED) is 0.920. The molecule has 6 heteroatoms. The third-order valence-corrected chi connectivity index (χ3v) is 5.77. The zero-order chi connectivity index (χ0) is 17.2. The van der Waals surface area contributed by atoms with Crippen molar-refractivity contribution in [2.45, 2.75) is 18.4 Å². The van der Waals surface area contributed by atoms with Crippen molar-refractivity contribution in [3.8, 4) is 0 Å².